The van der Waals surface area contributed by atoms with Crippen LogP contribution < -0.4 is 4.74 Å². The molecule has 2 rings (SSSR count). The standard InChI is InChI=1S/C14H21NO2S/c1-17-13-5-2-4-12(10-13)14(16)11-15-6-3-8-18-9-7-15/h2,4-5,10,14,16H,3,6-9,11H2,1H3. The number of rotatable bonds is 4. The van der Waals surface area contributed by atoms with Gasteiger partial charge in [0, 0.05) is 18.8 Å². The van der Waals surface area contributed by atoms with Crippen LogP contribution in [0.5, 0.6) is 5.75 Å². The molecule has 0 bridgehead atoms. The van der Waals surface area contributed by atoms with Gasteiger partial charge in [-0.1, -0.05) is 12.1 Å². The van der Waals surface area contributed by atoms with Gasteiger partial charge in [-0.05, 0) is 36.4 Å². The lowest BCUT2D eigenvalue weighted by atomic mass is 10.1. The maximum absolute atomic E-state index is 10.3. The van der Waals surface area contributed by atoms with E-state index in [-0.39, 0.29) is 0 Å². The summed E-state index contributed by atoms with van der Waals surface area (Å²) in [4.78, 5) is 2.35. The lowest BCUT2D eigenvalue weighted by molar-refractivity contribution is 0.117. The molecule has 1 unspecified atom stereocenters. The van der Waals surface area contributed by atoms with Crippen LogP contribution in [-0.4, -0.2) is 48.3 Å². The smallest absolute Gasteiger partial charge is 0.119 e. The zero-order valence-corrected chi connectivity index (χ0v) is 11.7. The number of aliphatic hydroxyl groups excluding tert-OH is 1. The van der Waals surface area contributed by atoms with Crippen molar-refractivity contribution in [2.75, 3.05) is 38.2 Å². The maximum atomic E-state index is 10.3. The molecule has 1 aliphatic heterocycles. The molecular weight excluding hydrogens is 246 g/mol. The summed E-state index contributed by atoms with van der Waals surface area (Å²) in [5.41, 5.74) is 0.936. The van der Waals surface area contributed by atoms with E-state index in [0.29, 0.717) is 6.54 Å². The van der Waals surface area contributed by atoms with E-state index in [9.17, 15) is 5.11 Å². The summed E-state index contributed by atoms with van der Waals surface area (Å²) in [6.07, 6.45) is 0.790. The Hall–Kier alpha value is -0.710. The van der Waals surface area contributed by atoms with Gasteiger partial charge in [0.25, 0.3) is 0 Å². The fraction of sp³-hybridized carbons (Fsp3) is 0.571. The monoisotopic (exact) mass is 267 g/mol. The average Bonchev–Trinajstić information content (AvgIpc) is 2.67. The summed E-state index contributed by atoms with van der Waals surface area (Å²) in [7, 11) is 1.65. The van der Waals surface area contributed by atoms with Crippen molar-refractivity contribution < 1.29 is 9.84 Å². The Labute approximate surface area is 113 Å². The Morgan fingerprint density at radius 1 is 1.39 bits per heavy atom. The highest BCUT2D eigenvalue weighted by Crippen LogP contribution is 2.21. The molecule has 100 valence electrons. The van der Waals surface area contributed by atoms with Crippen LogP contribution in [0.1, 0.15) is 18.1 Å². The summed E-state index contributed by atoms with van der Waals surface area (Å²) < 4.78 is 5.19. The maximum Gasteiger partial charge on any atom is 0.119 e. The van der Waals surface area contributed by atoms with Gasteiger partial charge in [0.1, 0.15) is 5.75 Å². The minimum Gasteiger partial charge on any atom is -0.497 e. The molecule has 1 heterocycles. The third-order valence-electron chi connectivity index (χ3n) is 3.22. The SMILES string of the molecule is COc1cccc(C(O)CN2CCCSCC2)c1. The molecule has 1 aromatic rings. The van der Waals surface area contributed by atoms with Gasteiger partial charge in [0.05, 0.1) is 13.2 Å². The molecule has 1 saturated heterocycles. The van der Waals surface area contributed by atoms with Crippen molar-refractivity contribution >= 4 is 11.8 Å². The Morgan fingerprint density at radius 2 is 2.28 bits per heavy atom. The van der Waals surface area contributed by atoms with E-state index >= 15 is 0 Å². The van der Waals surface area contributed by atoms with E-state index < -0.39 is 6.10 Å². The van der Waals surface area contributed by atoms with Crippen LogP contribution in [0.2, 0.25) is 0 Å². The van der Waals surface area contributed by atoms with Crippen LogP contribution in [0.4, 0.5) is 0 Å². The van der Waals surface area contributed by atoms with E-state index in [2.05, 4.69) is 4.90 Å². The molecule has 1 aromatic carbocycles. The number of methoxy groups -OCH3 is 1. The summed E-state index contributed by atoms with van der Waals surface area (Å²) in [6.45, 7) is 2.88. The van der Waals surface area contributed by atoms with Crippen LogP contribution in [0.25, 0.3) is 0 Å². The Balaban J connectivity index is 1.95. The first-order chi connectivity index (χ1) is 8.79. The molecule has 1 fully saturated rings. The molecule has 0 spiro atoms. The average molecular weight is 267 g/mol. The lowest BCUT2D eigenvalue weighted by Crippen LogP contribution is -2.30. The Kier molecular flexibility index (Phi) is 5.35. The van der Waals surface area contributed by atoms with Gasteiger partial charge in [0.15, 0.2) is 0 Å². The number of hydrogen-bond acceptors (Lipinski definition) is 4. The molecule has 0 amide bonds. The minimum atomic E-state index is -0.428. The molecule has 1 N–H and O–H groups in total. The van der Waals surface area contributed by atoms with Crippen molar-refractivity contribution in [1.29, 1.82) is 0 Å². The van der Waals surface area contributed by atoms with Crippen LogP contribution in [-0.2, 0) is 0 Å². The number of thioether (sulfide) groups is 1. The second kappa shape index (κ2) is 7.02. The van der Waals surface area contributed by atoms with Gasteiger partial charge in [-0.25, -0.2) is 0 Å². The van der Waals surface area contributed by atoms with Crippen molar-refractivity contribution in [3.63, 3.8) is 0 Å². The molecule has 4 heteroatoms. The number of nitrogens with zero attached hydrogens (tertiary/aromatic N) is 1. The molecular formula is C14H21NO2S. The second-order valence-electron chi connectivity index (χ2n) is 4.56. The summed E-state index contributed by atoms with van der Waals surface area (Å²) in [6, 6.07) is 7.70. The van der Waals surface area contributed by atoms with E-state index in [4.69, 9.17) is 4.74 Å². The number of aliphatic hydroxyl groups is 1. The predicted octanol–water partition coefficient (Wildman–Crippen LogP) is 2.17. The molecule has 1 atom stereocenters. The van der Waals surface area contributed by atoms with Gasteiger partial charge >= 0.3 is 0 Å². The first-order valence-corrected chi connectivity index (χ1v) is 7.57. The van der Waals surface area contributed by atoms with E-state index in [1.165, 1.54) is 17.9 Å². The van der Waals surface area contributed by atoms with Gasteiger partial charge in [-0.15, -0.1) is 0 Å². The summed E-state index contributed by atoms with van der Waals surface area (Å²) in [5, 5.41) is 10.3. The molecule has 1 aliphatic rings. The van der Waals surface area contributed by atoms with Crippen molar-refractivity contribution in [2.45, 2.75) is 12.5 Å². The van der Waals surface area contributed by atoms with E-state index in [0.717, 1.165) is 24.4 Å². The van der Waals surface area contributed by atoms with Gasteiger partial charge in [-0.3, -0.25) is 4.90 Å². The molecule has 0 aliphatic carbocycles. The highest BCUT2D eigenvalue weighted by Gasteiger charge is 2.15. The Bertz CT molecular complexity index is 365. The molecule has 18 heavy (non-hydrogen) atoms. The molecule has 0 radical (unpaired) electrons. The topological polar surface area (TPSA) is 32.7 Å². The Morgan fingerprint density at radius 3 is 3.11 bits per heavy atom. The first kappa shape index (κ1) is 13.7. The predicted molar refractivity (Wildman–Crippen MR) is 76.3 cm³/mol. The lowest BCUT2D eigenvalue weighted by Gasteiger charge is -2.23. The summed E-state index contributed by atoms with van der Waals surface area (Å²) >= 11 is 2.01. The van der Waals surface area contributed by atoms with E-state index in [1.54, 1.807) is 7.11 Å². The van der Waals surface area contributed by atoms with Crippen LogP contribution in [0, 0.1) is 0 Å². The number of ether oxygens (including phenoxy) is 1. The molecule has 3 nitrogen and oxygen atoms in total. The van der Waals surface area contributed by atoms with Crippen LogP contribution in [0.15, 0.2) is 24.3 Å². The highest BCUT2D eigenvalue weighted by molar-refractivity contribution is 7.99. The van der Waals surface area contributed by atoms with Gasteiger partial charge < -0.3 is 9.84 Å². The number of β-amino-alcohol motifs (C(OH)–C–C–N with tert-alkyl or cyclic N) is 1. The fourth-order valence-corrected chi connectivity index (χ4v) is 3.10. The van der Waals surface area contributed by atoms with Crippen molar-refractivity contribution in [3.8, 4) is 5.75 Å². The normalized spacial score (nSPS) is 19.2. The third-order valence-corrected chi connectivity index (χ3v) is 4.27. The van der Waals surface area contributed by atoms with Crippen molar-refractivity contribution in [3.05, 3.63) is 29.8 Å². The van der Waals surface area contributed by atoms with Crippen LogP contribution >= 0.6 is 11.8 Å². The fourth-order valence-electron chi connectivity index (χ4n) is 2.18. The number of benzene rings is 1. The van der Waals surface area contributed by atoms with E-state index in [1.807, 2.05) is 36.0 Å². The third kappa shape index (κ3) is 3.90. The second-order valence-corrected chi connectivity index (χ2v) is 5.78. The first-order valence-electron chi connectivity index (χ1n) is 6.41. The summed E-state index contributed by atoms with van der Waals surface area (Å²) in [5.74, 6) is 3.22. The van der Waals surface area contributed by atoms with Gasteiger partial charge in [-0.2, -0.15) is 11.8 Å². The number of hydrogen-bond donors (Lipinski definition) is 1. The highest BCUT2D eigenvalue weighted by atomic mass is 32.2. The molecule has 0 aromatic heterocycles. The molecule has 0 saturated carbocycles. The van der Waals surface area contributed by atoms with Crippen molar-refractivity contribution in [1.82, 2.24) is 4.90 Å². The quantitative estimate of drug-likeness (QED) is 0.906. The van der Waals surface area contributed by atoms with Gasteiger partial charge in [0.2, 0.25) is 0 Å². The van der Waals surface area contributed by atoms with Crippen molar-refractivity contribution in [2.24, 2.45) is 0 Å². The zero-order valence-electron chi connectivity index (χ0n) is 10.8. The van der Waals surface area contributed by atoms with Crippen LogP contribution in [0.3, 0.4) is 0 Å². The zero-order chi connectivity index (χ0) is 12.8. The minimum absolute atomic E-state index is 0.428. The largest absolute Gasteiger partial charge is 0.497 e.